The van der Waals surface area contributed by atoms with Crippen molar-refractivity contribution in [2.24, 2.45) is 9.98 Å². The number of ether oxygens (including phenoxy) is 2. The second kappa shape index (κ2) is 4.03. The molecule has 2 unspecified atom stereocenters. The Kier molecular flexibility index (Phi) is 2.72. The Morgan fingerprint density at radius 3 is 1.56 bits per heavy atom. The average Bonchev–Trinajstić information content (AvgIpc) is 2.70. The zero-order chi connectivity index (χ0) is 11.7. The van der Waals surface area contributed by atoms with Crippen molar-refractivity contribution in [3.63, 3.8) is 0 Å². The Morgan fingerprint density at radius 2 is 1.31 bits per heavy atom. The third-order valence-corrected chi connectivity index (χ3v) is 2.35. The van der Waals surface area contributed by atoms with E-state index in [-0.39, 0.29) is 11.9 Å². The van der Waals surface area contributed by atoms with E-state index in [2.05, 4.69) is 9.98 Å². The first-order valence-corrected chi connectivity index (χ1v) is 5.13. The van der Waals surface area contributed by atoms with Gasteiger partial charge in [-0.25, -0.2) is 19.6 Å². The van der Waals surface area contributed by atoms with E-state index >= 15 is 0 Å². The lowest BCUT2D eigenvalue weighted by atomic mass is 10.3. The minimum absolute atomic E-state index is 0.339. The molecule has 0 saturated heterocycles. The summed E-state index contributed by atoms with van der Waals surface area (Å²) in [4.78, 5) is 30.1. The molecule has 0 N–H and O–H groups in total. The summed E-state index contributed by atoms with van der Waals surface area (Å²) in [5.74, 6) is 0.0917. The van der Waals surface area contributed by atoms with Crippen LogP contribution in [0.5, 0.6) is 0 Å². The van der Waals surface area contributed by atoms with Gasteiger partial charge in [-0.3, -0.25) is 0 Å². The van der Waals surface area contributed by atoms with Gasteiger partial charge >= 0.3 is 11.9 Å². The van der Waals surface area contributed by atoms with E-state index in [1.807, 2.05) is 0 Å². The van der Waals surface area contributed by atoms with E-state index in [1.165, 1.54) is 0 Å². The number of carbonyl (C=O) groups excluding carboxylic acids is 2. The van der Waals surface area contributed by atoms with Gasteiger partial charge in [0.05, 0.1) is 0 Å². The van der Waals surface area contributed by atoms with Gasteiger partial charge in [0, 0.05) is 12.8 Å². The summed E-state index contributed by atoms with van der Waals surface area (Å²) >= 11 is 0. The second-order valence-corrected chi connectivity index (χ2v) is 3.74. The number of carbonyl (C=O) groups is 2. The molecule has 0 amide bonds. The molecule has 0 saturated carbocycles. The lowest BCUT2D eigenvalue weighted by molar-refractivity contribution is -0.135. The highest BCUT2D eigenvalue weighted by atomic mass is 16.6. The van der Waals surface area contributed by atoms with Gasteiger partial charge in [0.2, 0.25) is 0 Å². The number of esters is 2. The Hall–Kier alpha value is -1.72. The maximum atomic E-state index is 11.0. The Balaban J connectivity index is 1.85. The van der Waals surface area contributed by atoms with Crippen LogP contribution in [0.2, 0.25) is 0 Å². The lowest BCUT2D eigenvalue weighted by Crippen LogP contribution is -2.12. The van der Waals surface area contributed by atoms with Crippen molar-refractivity contribution < 1.29 is 19.1 Å². The van der Waals surface area contributed by atoms with Gasteiger partial charge in [0.1, 0.15) is 12.1 Å². The number of nitrogens with zero attached hydrogens (tertiary/aromatic N) is 2. The smallest absolute Gasteiger partial charge is 0.337 e. The highest BCUT2D eigenvalue weighted by molar-refractivity contribution is 6.01. The second-order valence-electron chi connectivity index (χ2n) is 3.74. The summed E-state index contributed by atoms with van der Waals surface area (Å²) in [5.41, 5.74) is 0. The summed E-state index contributed by atoms with van der Waals surface area (Å²) in [6.07, 6.45) is 0.851. The first kappa shape index (κ1) is 10.8. The zero-order valence-corrected chi connectivity index (χ0v) is 9.10. The van der Waals surface area contributed by atoms with Crippen molar-refractivity contribution in [2.45, 2.75) is 38.8 Å². The van der Waals surface area contributed by atoms with Crippen LogP contribution in [-0.2, 0) is 19.1 Å². The van der Waals surface area contributed by atoms with Gasteiger partial charge < -0.3 is 9.47 Å². The molecule has 0 aromatic heterocycles. The first-order chi connectivity index (χ1) is 7.56. The van der Waals surface area contributed by atoms with Crippen LogP contribution in [-0.4, -0.2) is 35.8 Å². The maximum absolute atomic E-state index is 11.0. The Bertz CT molecular complexity index is 362. The Labute approximate surface area is 92.4 Å². The molecule has 0 aromatic carbocycles. The SMILES string of the molecule is CC1N=C(CCC2=NC(C)C(=O)O2)OC1=O. The summed E-state index contributed by atoms with van der Waals surface area (Å²) in [7, 11) is 0. The monoisotopic (exact) mass is 224 g/mol. The molecule has 2 aliphatic heterocycles. The number of hydrogen-bond donors (Lipinski definition) is 0. The van der Waals surface area contributed by atoms with Gasteiger partial charge in [-0.1, -0.05) is 0 Å². The van der Waals surface area contributed by atoms with E-state index in [9.17, 15) is 9.59 Å². The molecule has 0 aliphatic carbocycles. The molecule has 2 heterocycles. The molecular formula is C10H12N2O4. The molecule has 0 fully saturated rings. The first-order valence-electron chi connectivity index (χ1n) is 5.13. The molecule has 16 heavy (non-hydrogen) atoms. The molecule has 6 heteroatoms. The van der Waals surface area contributed by atoms with Gasteiger partial charge in [-0.15, -0.1) is 0 Å². The van der Waals surface area contributed by atoms with Gasteiger partial charge in [-0.2, -0.15) is 0 Å². The number of aliphatic imine (C=N–C) groups is 2. The fourth-order valence-electron chi connectivity index (χ4n) is 1.44. The topological polar surface area (TPSA) is 77.3 Å². The zero-order valence-electron chi connectivity index (χ0n) is 9.10. The van der Waals surface area contributed by atoms with E-state index in [0.29, 0.717) is 24.6 Å². The maximum Gasteiger partial charge on any atom is 0.337 e. The highest BCUT2D eigenvalue weighted by Crippen LogP contribution is 2.13. The van der Waals surface area contributed by atoms with Gasteiger partial charge in [0.15, 0.2) is 11.8 Å². The van der Waals surface area contributed by atoms with Gasteiger partial charge in [-0.05, 0) is 13.8 Å². The Morgan fingerprint density at radius 1 is 0.938 bits per heavy atom. The van der Waals surface area contributed by atoms with Crippen molar-refractivity contribution in [3.8, 4) is 0 Å². The largest absolute Gasteiger partial charge is 0.410 e. The summed E-state index contributed by atoms with van der Waals surface area (Å²) in [6, 6.07) is -0.857. The van der Waals surface area contributed by atoms with Crippen LogP contribution >= 0.6 is 0 Å². The van der Waals surface area contributed by atoms with Crippen LogP contribution in [0.1, 0.15) is 26.7 Å². The molecule has 6 nitrogen and oxygen atoms in total. The molecule has 0 aromatic rings. The van der Waals surface area contributed by atoms with Crippen molar-refractivity contribution in [1.82, 2.24) is 0 Å². The predicted molar refractivity (Wildman–Crippen MR) is 55.2 cm³/mol. The van der Waals surface area contributed by atoms with Crippen LogP contribution < -0.4 is 0 Å². The van der Waals surface area contributed by atoms with Crippen molar-refractivity contribution in [1.29, 1.82) is 0 Å². The molecule has 0 bridgehead atoms. The molecule has 2 atom stereocenters. The molecule has 2 aliphatic rings. The van der Waals surface area contributed by atoms with Gasteiger partial charge in [0.25, 0.3) is 0 Å². The molecule has 0 spiro atoms. The minimum atomic E-state index is -0.429. The average molecular weight is 224 g/mol. The number of rotatable bonds is 3. The standard InChI is InChI=1S/C10H12N2O4/c1-5-9(13)15-7(11-5)3-4-8-12-6(2)10(14)16-8/h5-6H,3-4H2,1-2H3. The summed E-state index contributed by atoms with van der Waals surface area (Å²) < 4.78 is 9.81. The van der Waals surface area contributed by atoms with E-state index in [1.54, 1.807) is 13.8 Å². The van der Waals surface area contributed by atoms with Crippen LogP contribution in [0.15, 0.2) is 9.98 Å². The van der Waals surface area contributed by atoms with Crippen molar-refractivity contribution >= 4 is 23.7 Å². The fourth-order valence-corrected chi connectivity index (χ4v) is 1.44. The predicted octanol–water partition coefficient (Wildman–Crippen LogP) is 0.454. The minimum Gasteiger partial charge on any atom is -0.410 e. The molecule has 0 radical (unpaired) electrons. The lowest BCUT2D eigenvalue weighted by Gasteiger charge is -1.99. The number of hydrogen-bond acceptors (Lipinski definition) is 6. The highest BCUT2D eigenvalue weighted by Gasteiger charge is 2.27. The summed E-state index contributed by atoms with van der Waals surface area (Å²) in [6.45, 7) is 3.34. The summed E-state index contributed by atoms with van der Waals surface area (Å²) in [5, 5.41) is 0. The van der Waals surface area contributed by atoms with E-state index in [0.717, 1.165) is 0 Å². The van der Waals surface area contributed by atoms with E-state index in [4.69, 9.17) is 9.47 Å². The molecule has 2 rings (SSSR count). The molecular weight excluding hydrogens is 212 g/mol. The van der Waals surface area contributed by atoms with Crippen LogP contribution in [0.3, 0.4) is 0 Å². The van der Waals surface area contributed by atoms with Crippen LogP contribution in [0.4, 0.5) is 0 Å². The third-order valence-electron chi connectivity index (χ3n) is 2.35. The van der Waals surface area contributed by atoms with Crippen LogP contribution in [0.25, 0.3) is 0 Å². The quantitative estimate of drug-likeness (QED) is 0.652. The van der Waals surface area contributed by atoms with Crippen molar-refractivity contribution in [2.75, 3.05) is 0 Å². The third kappa shape index (κ3) is 2.10. The van der Waals surface area contributed by atoms with Crippen molar-refractivity contribution in [3.05, 3.63) is 0 Å². The van der Waals surface area contributed by atoms with E-state index < -0.39 is 12.1 Å². The normalized spacial score (nSPS) is 28.6. The number of cyclic esters (lactones) is 2. The molecule has 86 valence electrons. The fraction of sp³-hybridized carbons (Fsp3) is 0.600. The van der Waals surface area contributed by atoms with Crippen LogP contribution in [0, 0.1) is 0 Å².